The zero-order valence-corrected chi connectivity index (χ0v) is 9.57. The van der Waals surface area contributed by atoms with Gasteiger partial charge in [-0.05, 0) is 29.7 Å². The summed E-state index contributed by atoms with van der Waals surface area (Å²) in [5.41, 5.74) is 0. The maximum Gasteiger partial charge on any atom is 0.0520 e. The van der Waals surface area contributed by atoms with Gasteiger partial charge in [0.2, 0.25) is 0 Å². The fourth-order valence-corrected chi connectivity index (χ4v) is 3.66. The lowest BCUT2D eigenvalue weighted by molar-refractivity contribution is 0.678. The molecule has 1 aliphatic rings. The zero-order chi connectivity index (χ0) is 8.55. The second-order valence-electron chi connectivity index (χ2n) is 3.49. The number of thiophene rings is 1. The van der Waals surface area contributed by atoms with Gasteiger partial charge < -0.3 is 0 Å². The van der Waals surface area contributed by atoms with Crippen LogP contribution in [-0.4, -0.2) is 0 Å². The third-order valence-corrected chi connectivity index (χ3v) is 5.12. The first-order valence-corrected chi connectivity index (χ1v) is 6.30. The molecule has 1 saturated carbocycles. The minimum absolute atomic E-state index is 0.627. The molecule has 1 aromatic heterocycles. The maximum atomic E-state index is 3.78. The van der Waals surface area contributed by atoms with Crippen molar-refractivity contribution < 1.29 is 0 Å². The number of hydrogen-bond acceptors (Lipinski definition) is 1. The molecule has 0 amide bonds. The molecule has 0 nitrogen and oxygen atoms in total. The molecule has 0 N–H and O–H groups in total. The first-order chi connectivity index (χ1) is 5.83. The molecule has 1 unspecified atom stereocenters. The molecule has 0 aromatic carbocycles. The van der Waals surface area contributed by atoms with Crippen molar-refractivity contribution in [3.05, 3.63) is 22.4 Å². The van der Waals surface area contributed by atoms with E-state index in [1.54, 1.807) is 0 Å². The predicted molar refractivity (Wildman–Crippen MR) is 57.9 cm³/mol. The number of rotatable bonds is 3. The predicted octanol–water partition coefficient (Wildman–Crippen LogP) is 4.23. The molecule has 0 spiro atoms. The minimum Gasteiger partial charge on any atom is -0.148 e. The van der Waals surface area contributed by atoms with Crippen LogP contribution in [0, 0.1) is 11.8 Å². The van der Waals surface area contributed by atoms with Crippen molar-refractivity contribution in [2.45, 2.75) is 24.6 Å². The van der Waals surface area contributed by atoms with Crippen LogP contribution in [0.1, 0.15) is 29.5 Å². The molecule has 1 aliphatic carbocycles. The third-order valence-electron chi connectivity index (χ3n) is 2.69. The first kappa shape index (κ1) is 8.76. The van der Waals surface area contributed by atoms with Crippen molar-refractivity contribution in [2.24, 2.45) is 11.8 Å². The highest BCUT2D eigenvalue weighted by atomic mass is 79.9. The highest BCUT2D eigenvalue weighted by molar-refractivity contribution is 9.09. The standard InChI is InChI=1S/C10H13BrS/c1-2-7-6-8(7)10(11)9-4-3-5-12-9/h3-5,7-8,10H,2,6H2,1H3/t7-,8-,10?/m1/s1. The van der Waals surface area contributed by atoms with Gasteiger partial charge in [-0.3, -0.25) is 0 Å². The Bertz CT molecular complexity index is 242. The van der Waals surface area contributed by atoms with E-state index in [0.717, 1.165) is 11.8 Å². The summed E-state index contributed by atoms with van der Waals surface area (Å²) in [6.07, 6.45) is 2.77. The minimum atomic E-state index is 0.627. The molecule has 3 atom stereocenters. The fourth-order valence-electron chi connectivity index (χ4n) is 1.76. The Labute approximate surface area is 86.1 Å². The van der Waals surface area contributed by atoms with Gasteiger partial charge in [0.05, 0.1) is 4.83 Å². The lowest BCUT2D eigenvalue weighted by Crippen LogP contribution is -1.90. The van der Waals surface area contributed by atoms with E-state index in [1.807, 2.05) is 11.3 Å². The lowest BCUT2D eigenvalue weighted by Gasteiger charge is -2.05. The summed E-state index contributed by atoms with van der Waals surface area (Å²) in [6.45, 7) is 2.29. The normalized spacial score (nSPS) is 30.2. The Hall–Kier alpha value is 0.180. The first-order valence-electron chi connectivity index (χ1n) is 4.50. The van der Waals surface area contributed by atoms with Crippen molar-refractivity contribution in [1.29, 1.82) is 0 Å². The summed E-state index contributed by atoms with van der Waals surface area (Å²) in [5, 5.41) is 2.16. The van der Waals surface area contributed by atoms with Gasteiger partial charge >= 0.3 is 0 Å². The van der Waals surface area contributed by atoms with E-state index in [2.05, 4.69) is 40.4 Å². The smallest absolute Gasteiger partial charge is 0.0520 e. The molecular formula is C10H13BrS. The van der Waals surface area contributed by atoms with E-state index in [9.17, 15) is 0 Å². The quantitative estimate of drug-likeness (QED) is 0.699. The average molecular weight is 245 g/mol. The molecule has 2 heteroatoms. The van der Waals surface area contributed by atoms with Crippen LogP contribution >= 0.6 is 27.3 Å². The Balaban J connectivity index is 1.99. The van der Waals surface area contributed by atoms with Crippen LogP contribution in [0.25, 0.3) is 0 Å². The van der Waals surface area contributed by atoms with E-state index in [4.69, 9.17) is 0 Å². The monoisotopic (exact) mass is 244 g/mol. The highest BCUT2D eigenvalue weighted by Crippen LogP contribution is 2.53. The molecule has 0 saturated heterocycles. The van der Waals surface area contributed by atoms with Crippen LogP contribution in [0.4, 0.5) is 0 Å². The van der Waals surface area contributed by atoms with E-state index in [-0.39, 0.29) is 0 Å². The SMILES string of the molecule is CC[C@@H]1C[C@H]1C(Br)c1cccs1. The van der Waals surface area contributed by atoms with Crippen LogP contribution in [0.2, 0.25) is 0 Å². The molecule has 12 heavy (non-hydrogen) atoms. The summed E-state index contributed by atoms with van der Waals surface area (Å²) in [6, 6.07) is 4.37. The molecule has 0 bridgehead atoms. The molecule has 1 fully saturated rings. The Morgan fingerprint density at radius 3 is 3.08 bits per heavy atom. The van der Waals surface area contributed by atoms with Gasteiger partial charge in [-0.15, -0.1) is 11.3 Å². The van der Waals surface area contributed by atoms with Gasteiger partial charge in [-0.1, -0.05) is 35.3 Å². The van der Waals surface area contributed by atoms with E-state index in [0.29, 0.717) is 4.83 Å². The van der Waals surface area contributed by atoms with Gasteiger partial charge in [0.25, 0.3) is 0 Å². The molecule has 1 heterocycles. The van der Waals surface area contributed by atoms with Gasteiger partial charge in [-0.2, -0.15) is 0 Å². The summed E-state index contributed by atoms with van der Waals surface area (Å²) >= 11 is 5.65. The second kappa shape index (κ2) is 3.51. The summed E-state index contributed by atoms with van der Waals surface area (Å²) in [5.74, 6) is 1.89. The number of hydrogen-bond donors (Lipinski definition) is 0. The van der Waals surface area contributed by atoms with Crippen molar-refractivity contribution in [1.82, 2.24) is 0 Å². The van der Waals surface area contributed by atoms with E-state index in [1.165, 1.54) is 17.7 Å². The van der Waals surface area contributed by atoms with Gasteiger partial charge in [0.15, 0.2) is 0 Å². The van der Waals surface area contributed by atoms with Crippen LogP contribution in [0.3, 0.4) is 0 Å². The zero-order valence-electron chi connectivity index (χ0n) is 7.16. The summed E-state index contributed by atoms with van der Waals surface area (Å²) in [7, 11) is 0. The Morgan fingerprint density at radius 1 is 1.75 bits per heavy atom. The maximum absolute atomic E-state index is 3.78. The molecule has 0 radical (unpaired) electrons. The molecule has 2 rings (SSSR count). The van der Waals surface area contributed by atoms with Gasteiger partial charge in [0, 0.05) is 4.88 Å². The molecule has 0 aliphatic heterocycles. The van der Waals surface area contributed by atoms with Crippen LogP contribution < -0.4 is 0 Å². The summed E-state index contributed by atoms with van der Waals surface area (Å²) < 4.78 is 0. The number of halogens is 1. The summed E-state index contributed by atoms with van der Waals surface area (Å²) in [4.78, 5) is 2.12. The van der Waals surface area contributed by atoms with Crippen molar-refractivity contribution in [3.63, 3.8) is 0 Å². The number of alkyl halides is 1. The Morgan fingerprint density at radius 2 is 2.58 bits per heavy atom. The average Bonchev–Trinajstić information content (AvgIpc) is 2.68. The highest BCUT2D eigenvalue weighted by Gasteiger charge is 2.41. The largest absolute Gasteiger partial charge is 0.148 e. The van der Waals surface area contributed by atoms with Crippen LogP contribution in [0.5, 0.6) is 0 Å². The van der Waals surface area contributed by atoms with Crippen molar-refractivity contribution >= 4 is 27.3 Å². The van der Waals surface area contributed by atoms with Gasteiger partial charge in [-0.25, -0.2) is 0 Å². The van der Waals surface area contributed by atoms with Crippen molar-refractivity contribution in [2.75, 3.05) is 0 Å². The molecule has 1 aromatic rings. The Kier molecular flexibility index (Phi) is 2.56. The lowest BCUT2D eigenvalue weighted by atomic mass is 10.2. The molecular weight excluding hydrogens is 232 g/mol. The van der Waals surface area contributed by atoms with Crippen LogP contribution in [0.15, 0.2) is 17.5 Å². The fraction of sp³-hybridized carbons (Fsp3) is 0.600. The topological polar surface area (TPSA) is 0 Å². The van der Waals surface area contributed by atoms with E-state index < -0.39 is 0 Å². The third kappa shape index (κ3) is 1.60. The van der Waals surface area contributed by atoms with Crippen LogP contribution in [-0.2, 0) is 0 Å². The van der Waals surface area contributed by atoms with Crippen molar-refractivity contribution in [3.8, 4) is 0 Å². The van der Waals surface area contributed by atoms with Gasteiger partial charge in [0.1, 0.15) is 0 Å². The second-order valence-corrected chi connectivity index (χ2v) is 5.45. The molecule has 66 valence electrons. The van der Waals surface area contributed by atoms with E-state index >= 15 is 0 Å².